The number of fused-ring (bicyclic) bond motifs is 1. The van der Waals surface area contributed by atoms with Crippen molar-refractivity contribution in [2.45, 2.75) is 43.5 Å². The van der Waals surface area contributed by atoms with Crippen LogP contribution in [0.15, 0.2) is 34.0 Å². The molecule has 1 fully saturated rings. The monoisotopic (exact) mass is 363 g/mol. The number of hydrogen-bond acceptors (Lipinski definition) is 3. The van der Waals surface area contributed by atoms with Crippen molar-refractivity contribution in [3.05, 3.63) is 45.9 Å². The Kier molecular flexibility index (Phi) is 3.90. The Hall–Kier alpha value is -1.82. The quantitative estimate of drug-likeness (QED) is 0.817. The van der Waals surface area contributed by atoms with Crippen molar-refractivity contribution in [1.29, 1.82) is 0 Å². The normalized spacial score (nSPS) is 18.2. The van der Waals surface area contributed by atoms with Gasteiger partial charge < -0.3 is 9.30 Å². The number of aryl methyl sites for hydroxylation is 1. The molecule has 0 spiro atoms. The molecule has 1 aliphatic carbocycles. The molecule has 2 aromatic rings. The molecule has 0 atom stereocenters. The number of aromatic nitrogens is 1. The summed E-state index contributed by atoms with van der Waals surface area (Å²) in [4.78, 5) is 13.0. The summed E-state index contributed by atoms with van der Waals surface area (Å²) in [6.07, 6.45) is 1.94. The first-order valence-electron chi connectivity index (χ1n) is 8.46. The molecule has 0 radical (unpaired) electrons. The smallest absolute Gasteiger partial charge is 0.290 e. The molecule has 1 aliphatic heterocycles. The van der Waals surface area contributed by atoms with E-state index in [0.717, 1.165) is 12.8 Å². The second-order valence-corrected chi connectivity index (χ2v) is 7.45. The van der Waals surface area contributed by atoms with Crippen molar-refractivity contribution >= 4 is 12.6 Å². The lowest BCUT2D eigenvalue weighted by Crippen LogP contribution is -2.24. The summed E-state index contributed by atoms with van der Waals surface area (Å²) in [5, 5.41) is 0. The van der Waals surface area contributed by atoms with Gasteiger partial charge in [0.05, 0.1) is 12.3 Å². The van der Waals surface area contributed by atoms with E-state index in [1.807, 2.05) is 0 Å². The molecular formula is C19H19F2NO2S. The minimum Gasteiger partial charge on any atom is -0.493 e. The maximum absolute atomic E-state index is 14.5. The highest BCUT2D eigenvalue weighted by Gasteiger charge is 2.43. The highest BCUT2D eigenvalue weighted by Crippen LogP contribution is 2.45. The van der Waals surface area contributed by atoms with Crippen LogP contribution in [0.5, 0.6) is 5.75 Å². The standard InChI is InChI=1S/C19H19F2NO2S/c1-11-8-15(17-19(20,21)6-7-22(17)18(11)23)14-9-13(25)4-5-16(14)24-10-12-2-3-12/h4-5,8-9,12,25H,2-3,6-7,10H2,1H3. The van der Waals surface area contributed by atoms with Crippen molar-refractivity contribution in [3.63, 3.8) is 0 Å². The highest BCUT2D eigenvalue weighted by atomic mass is 32.1. The Morgan fingerprint density at radius 3 is 2.76 bits per heavy atom. The second-order valence-electron chi connectivity index (χ2n) is 6.94. The van der Waals surface area contributed by atoms with E-state index in [9.17, 15) is 13.6 Å². The molecule has 1 aromatic heterocycles. The number of thiol groups is 1. The molecule has 0 bridgehead atoms. The van der Waals surface area contributed by atoms with Crippen molar-refractivity contribution in [2.75, 3.05) is 6.61 Å². The van der Waals surface area contributed by atoms with Gasteiger partial charge in [-0.25, -0.2) is 0 Å². The van der Waals surface area contributed by atoms with Gasteiger partial charge in [0.25, 0.3) is 11.5 Å². The van der Waals surface area contributed by atoms with Crippen molar-refractivity contribution in [2.24, 2.45) is 5.92 Å². The molecule has 0 saturated heterocycles. The molecule has 0 amide bonds. The molecule has 2 aliphatic rings. The predicted molar refractivity (Wildman–Crippen MR) is 94.9 cm³/mol. The fourth-order valence-electron chi connectivity index (χ4n) is 3.34. The first-order valence-corrected chi connectivity index (χ1v) is 8.90. The van der Waals surface area contributed by atoms with Gasteiger partial charge in [-0.15, -0.1) is 12.6 Å². The predicted octanol–water partition coefficient (Wildman–Crippen LogP) is 4.40. The van der Waals surface area contributed by atoms with Crippen LogP contribution in [0.4, 0.5) is 8.78 Å². The van der Waals surface area contributed by atoms with Gasteiger partial charge in [0.1, 0.15) is 5.75 Å². The average Bonchev–Trinajstić information content (AvgIpc) is 3.33. The fourth-order valence-corrected chi connectivity index (χ4v) is 3.54. The van der Waals surface area contributed by atoms with E-state index in [-0.39, 0.29) is 24.2 Å². The lowest BCUT2D eigenvalue weighted by molar-refractivity contribution is -0.00174. The Bertz CT molecular complexity index is 903. The summed E-state index contributed by atoms with van der Waals surface area (Å²) in [7, 11) is 0. The van der Waals surface area contributed by atoms with Gasteiger partial charge in [0, 0.05) is 34.6 Å². The molecule has 0 unspecified atom stereocenters. The molecule has 0 N–H and O–H groups in total. The Morgan fingerprint density at radius 2 is 2.04 bits per heavy atom. The van der Waals surface area contributed by atoms with E-state index in [4.69, 9.17) is 4.74 Å². The Balaban J connectivity index is 1.90. The zero-order chi connectivity index (χ0) is 17.8. The third kappa shape index (κ3) is 2.97. The molecule has 1 saturated carbocycles. The molecule has 132 valence electrons. The van der Waals surface area contributed by atoms with E-state index in [1.165, 1.54) is 4.57 Å². The minimum absolute atomic E-state index is 0.0364. The first kappa shape index (κ1) is 16.6. The zero-order valence-corrected chi connectivity index (χ0v) is 14.8. The van der Waals surface area contributed by atoms with Crippen molar-refractivity contribution in [3.8, 4) is 16.9 Å². The fraction of sp³-hybridized carbons (Fsp3) is 0.421. The third-order valence-corrected chi connectivity index (χ3v) is 5.17. The minimum atomic E-state index is -3.03. The van der Waals surface area contributed by atoms with Gasteiger partial charge >= 0.3 is 0 Å². The SMILES string of the molecule is Cc1cc(-c2cc(S)ccc2OCC2CC2)c2n(c1=O)CCC2(F)F. The molecule has 4 rings (SSSR count). The van der Waals surface area contributed by atoms with Crippen LogP contribution in [0.2, 0.25) is 0 Å². The summed E-state index contributed by atoms with van der Waals surface area (Å²) in [6, 6.07) is 6.85. The van der Waals surface area contributed by atoms with E-state index in [0.29, 0.717) is 39.9 Å². The van der Waals surface area contributed by atoms with Crippen LogP contribution in [0, 0.1) is 12.8 Å². The number of nitrogens with zero attached hydrogens (tertiary/aromatic N) is 1. The zero-order valence-electron chi connectivity index (χ0n) is 13.9. The van der Waals surface area contributed by atoms with Gasteiger partial charge in [-0.05, 0) is 49.9 Å². The number of alkyl halides is 2. The van der Waals surface area contributed by atoms with Gasteiger partial charge in [-0.1, -0.05) is 0 Å². The van der Waals surface area contributed by atoms with E-state index in [1.54, 1.807) is 31.2 Å². The molecule has 1 aromatic carbocycles. The van der Waals surface area contributed by atoms with Crippen LogP contribution in [-0.2, 0) is 12.5 Å². The van der Waals surface area contributed by atoms with Crippen LogP contribution < -0.4 is 10.3 Å². The Labute approximate surface area is 150 Å². The lowest BCUT2D eigenvalue weighted by atomic mass is 9.98. The van der Waals surface area contributed by atoms with Crippen LogP contribution >= 0.6 is 12.6 Å². The van der Waals surface area contributed by atoms with Crippen LogP contribution in [0.3, 0.4) is 0 Å². The van der Waals surface area contributed by atoms with Gasteiger partial charge in [-0.2, -0.15) is 8.78 Å². The number of hydrogen-bond donors (Lipinski definition) is 1. The number of pyridine rings is 1. The molecule has 25 heavy (non-hydrogen) atoms. The first-order chi connectivity index (χ1) is 11.9. The molecule has 3 nitrogen and oxygen atoms in total. The van der Waals surface area contributed by atoms with Crippen molar-refractivity contribution < 1.29 is 13.5 Å². The topological polar surface area (TPSA) is 31.2 Å². The second kappa shape index (κ2) is 5.87. The van der Waals surface area contributed by atoms with Gasteiger partial charge in [0.15, 0.2) is 0 Å². The summed E-state index contributed by atoms with van der Waals surface area (Å²) < 4.78 is 36.2. The average molecular weight is 363 g/mol. The summed E-state index contributed by atoms with van der Waals surface area (Å²) in [5.41, 5.74) is 0.828. The summed E-state index contributed by atoms with van der Waals surface area (Å²) in [6.45, 7) is 2.28. The van der Waals surface area contributed by atoms with E-state index < -0.39 is 5.92 Å². The highest BCUT2D eigenvalue weighted by molar-refractivity contribution is 7.80. The maximum Gasteiger partial charge on any atom is 0.290 e. The van der Waals surface area contributed by atoms with Crippen LogP contribution in [0.25, 0.3) is 11.1 Å². The van der Waals surface area contributed by atoms with Crippen LogP contribution in [0.1, 0.15) is 30.5 Å². The molecular weight excluding hydrogens is 344 g/mol. The van der Waals surface area contributed by atoms with Crippen molar-refractivity contribution in [1.82, 2.24) is 4.57 Å². The Morgan fingerprint density at radius 1 is 1.28 bits per heavy atom. The summed E-state index contributed by atoms with van der Waals surface area (Å²) >= 11 is 4.36. The van der Waals surface area contributed by atoms with E-state index >= 15 is 0 Å². The maximum atomic E-state index is 14.5. The number of halogens is 2. The largest absolute Gasteiger partial charge is 0.493 e. The number of ether oxygens (including phenoxy) is 1. The summed E-state index contributed by atoms with van der Waals surface area (Å²) in [5.74, 6) is -1.91. The molecule has 6 heteroatoms. The molecule has 2 heterocycles. The number of benzene rings is 1. The van der Waals surface area contributed by atoms with Gasteiger partial charge in [0.2, 0.25) is 0 Å². The number of rotatable bonds is 4. The third-order valence-electron chi connectivity index (χ3n) is 4.89. The van der Waals surface area contributed by atoms with E-state index in [2.05, 4.69) is 12.6 Å². The van der Waals surface area contributed by atoms with Gasteiger partial charge in [-0.3, -0.25) is 4.79 Å². The lowest BCUT2D eigenvalue weighted by Gasteiger charge is -2.19. The van der Waals surface area contributed by atoms with Crippen LogP contribution in [-0.4, -0.2) is 11.2 Å².